The summed E-state index contributed by atoms with van der Waals surface area (Å²) in [4.78, 5) is 23.0. The molecule has 0 aliphatic rings. The number of benzene rings is 2. The molecule has 0 spiro atoms. The average Bonchev–Trinajstić information content (AvgIpc) is 3.12. The summed E-state index contributed by atoms with van der Waals surface area (Å²) in [5.41, 5.74) is 3.72. The minimum atomic E-state index is -0.879. The van der Waals surface area contributed by atoms with Crippen LogP contribution >= 0.6 is 0 Å². The fourth-order valence-electron chi connectivity index (χ4n) is 2.70. The minimum absolute atomic E-state index is 0.0474. The first-order chi connectivity index (χ1) is 12.6. The highest BCUT2D eigenvalue weighted by molar-refractivity contribution is 5.94. The van der Waals surface area contributed by atoms with Crippen molar-refractivity contribution in [3.8, 4) is 22.4 Å². The van der Waals surface area contributed by atoms with Gasteiger partial charge < -0.3 is 9.84 Å². The number of hydrogen-bond acceptors (Lipinski definition) is 5. The molecule has 7 nitrogen and oxygen atoms in total. The van der Waals surface area contributed by atoms with E-state index in [2.05, 4.69) is 15.4 Å². The number of aromatic nitrogens is 3. The van der Waals surface area contributed by atoms with Gasteiger partial charge in [-0.05, 0) is 23.6 Å². The van der Waals surface area contributed by atoms with Crippen LogP contribution in [0.5, 0.6) is 0 Å². The molecule has 3 aromatic rings. The van der Waals surface area contributed by atoms with Gasteiger partial charge in [-0.15, -0.1) is 5.10 Å². The number of H-pyrrole nitrogens is 1. The Bertz CT molecular complexity index is 932. The molecule has 0 saturated carbocycles. The maximum absolute atomic E-state index is 11.9. The van der Waals surface area contributed by atoms with Crippen LogP contribution in [0, 0.1) is 0 Å². The van der Waals surface area contributed by atoms with E-state index < -0.39 is 11.9 Å². The van der Waals surface area contributed by atoms with Crippen molar-refractivity contribution in [2.75, 3.05) is 6.61 Å². The zero-order valence-corrected chi connectivity index (χ0v) is 14.1. The van der Waals surface area contributed by atoms with Crippen molar-refractivity contribution in [1.29, 1.82) is 0 Å². The molecule has 0 unspecified atom stereocenters. The molecule has 0 aliphatic heterocycles. The lowest BCUT2D eigenvalue weighted by Crippen LogP contribution is -2.06. The van der Waals surface area contributed by atoms with Crippen LogP contribution in [0.4, 0.5) is 0 Å². The zero-order valence-electron chi connectivity index (χ0n) is 14.1. The van der Waals surface area contributed by atoms with Gasteiger partial charge in [0.1, 0.15) is 5.69 Å². The molecule has 1 heterocycles. The van der Waals surface area contributed by atoms with E-state index in [4.69, 9.17) is 9.84 Å². The lowest BCUT2D eigenvalue weighted by Gasteiger charge is -2.09. The molecule has 0 saturated heterocycles. The SMILES string of the molecule is CCOC(=O)c1n[nH]nc1-c1ccc(-c2ccccc2CC(=O)O)cc1. The number of ether oxygens (including phenoxy) is 1. The summed E-state index contributed by atoms with van der Waals surface area (Å²) >= 11 is 0. The highest BCUT2D eigenvalue weighted by Crippen LogP contribution is 2.28. The van der Waals surface area contributed by atoms with E-state index in [1.54, 1.807) is 13.0 Å². The molecule has 0 atom stereocenters. The second-order valence-electron chi connectivity index (χ2n) is 5.55. The van der Waals surface area contributed by atoms with Crippen molar-refractivity contribution >= 4 is 11.9 Å². The van der Waals surface area contributed by atoms with Crippen molar-refractivity contribution in [2.24, 2.45) is 0 Å². The van der Waals surface area contributed by atoms with Gasteiger partial charge in [0.25, 0.3) is 0 Å². The Balaban J connectivity index is 1.93. The number of carboxylic acid groups (broad SMARTS) is 1. The van der Waals surface area contributed by atoms with Gasteiger partial charge in [-0.3, -0.25) is 4.79 Å². The van der Waals surface area contributed by atoms with Gasteiger partial charge >= 0.3 is 11.9 Å². The summed E-state index contributed by atoms with van der Waals surface area (Å²) in [6.07, 6.45) is -0.0474. The topological polar surface area (TPSA) is 105 Å². The van der Waals surface area contributed by atoms with E-state index in [9.17, 15) is 9.59 Å². The summed E-state index contributed by atoms with van der Waals surface area (Å²) in [5.74, 6) is -1.41. The molecule has 0 aliphatic carbocycles. The summed E-state index contributed by atoms with van der Waals surface area (Å²) < 4.78 is 4.98. The molecule has 1 aromatic heterocycles. The van der Waals surface area contributed by atoms with Gasteiger partial charge in [0.15, 0.2) is 5.69 Å². The molecular formula is C19H17N3O4. The highest BCUT2D eigenvalue weighted by Gasteiger charge is 2.19. The summed E-state index contributed by atoms with van der Waals surface area (Å²) in [5, 5.41) is 19.4. The first-order valence-electron chi connectivity index (χ1n) is 8.08. The van der Waals surface area contributed by atoms with Gasteiger partial charge in [-0.25, -0.2) is 4.79 Å². The van der Waals surface area contributed by atoms with E-state index >= 15 is 0 Å². The maximum atomic E-state index is 11.9. The fourth-order valence-corrected chi connectivity index (χ4v) is 2.70. The fraction of sp³-hybridized carbons (Fsp3) is 0.158. The van der Waals surface area contributed by atoms with Crippen LogP contribution in [0.15, 0.2) is 48.5 Å². The molecule has 3 rings (SSSR count). The summed E-state index contributed by atoms with van der Waals surface area (Å²) in [6, 6.07) is 14.7. The molecule has 7 heteroatoms. The zero-order chi connectivity index (χ0) is 18.5. The number of aromatic amines is 1. The number of nitrogens with zero attached hydrogens (tertiary/aromatic N) is 2. The molecular weight excluding hydrogens is 334 g/mol. The van der Waals surface area contributed by atoms with Gasteiger partial charge in [0.05, 0.1) is 13.0 Å². The van der Waals surface area contributed by atoms with Crippen molar-refractivity contribution in [1.82, 2.24) is 15.4 Å². The van der Waals surface area contributed by atoms with Crippen LogP contribution in [-0.2, 0) is 16.0 Å². The van der Waals surface area contributed by atoms with E-state index in [1.165, 1.54) is 0 Å². The highest BCUT2D eigenvalue weighted by atomic mass is 16.5. The van der Waals surface area contributed by atoms with Crippen LogP contribution in [-0.4, -0.2) is 39.1 Å². The number of carbonyl (C=O) groups excluding carboxylic acids is 1. The van der Waals surface area contributed by atoms with Crippen LogP contribution in [0.3, 0.4) is 0 Å². The Morgan fingerprint density at radius 1 is 1.04 bits per heavy atom. The molecule has 2 aromatic carbocycles. The predicted molar refractivity (Wildman–Crippen MR) is 94.6 cm³/mol. The monoisotopic (exact) mass is 351 g/mol. The first kappa shape index (κ1) is 17.3. The molecule has 2 N–H and O–H groups in total. The van der Waals surface area contributed by atoms with Crippen LogP contribution in [0.2, 0.25) is 0 Å². The molecule has 132 valence electrons. The first-order valence-corrected chi connectivity index (χ1v) is 8.08. The van der Waals surface area contributed by atoms with E-state index in [1.807, 2.05) is 42.5 Å². The van der Waals surface area contributed by atoms with Crippen LogP contribution in [0.25, 0.3) is 22.4 Å². The summed E-state index contributed by atoms with van der Waals surface area (Å²) in [6.45, 7) is 1.98. The van der Waals surface area contributed by atoms with Crippen LogP contribution in [0.1, 0.15) is 23.0 Å². The lowest BCUT2D eigenvalue weighted by atomic mass is 9.96. The molecule has 0 fully saturated rings. The maximum Gasteiger partial charge on any atom is 0.361 e. The van der Waals surface area contributed by atoms with E-state index in [0.29, 0.717) is 11.3 Å². The molecule has 26 heavy (non-hydrogen) atoms. The smallest absolute Gasteiger partial charge is 0.361 e. The van der Waals surface area contributed by atoms with Crippen molar-refractivity contribution in [3.63, 3.8) is 0 Å². The average molecular weight is 351 g/mol. The van der Waals surface area contributed by atoms with E-state index in [0.717, 1.165) is 16.7 Å². The van der Waals surface area contributed by atoms with Crippen LogP contribution < -0.4 is 0 Å². The van der Waals surface area contributed by atoms with Crippen molar-refractivity contribution in [2.45, 2.75) is 13.3 Å². The number of carboxylic acids is 1. The second-order valence-corrected chi connectivity index (χ2v) is 5.55. The Kier molecular flexibility index (Phi) is 5.07. The minimum Gasteiger partial charge on any atom is -0.481 e. The largest absolute Gasteiger partial charge is 0.481 e. The standard InChI is InChI=1S/C19H17N3O4/c1-2-26-19(25)18-17(20-22-21-18)13-9-7-12(8-10-13)15-6-4-3-5-14(15)11-16(23)24/h3-10H,2,11H2,1H3,(H,23,24)(H,20,21,22). The Morgan fingerprint density at radius 2 is 1.73 bits per heavy atom. The number of rotatable bonds is 6. The third-order valence-corrected chi connectivity index (χ3v) is 3.85. The van der Waals surface area contributed by atoms with Crippen molar-refractivity contribution in [3.05, 3.63) is 59.8 Å². The summed E-state index contributed by atoms with van der Waals surface area (Å²) in [7, 11) is 0. The predicted octanol–water partition coefficient (Wildman–Crippen LogP) is 2.94. The lowest BCUT2D eigenvalue weighted by molar-refractivity contribution is -0.136. The van der Waals surface area contributed by atoms with Gasteiger partial charge in [-0.1, -0.05) is 48.5 Å². The van der Waals surface area contributed by atoms with Gasteiger partial charge in [0.2, 0.25) is 0 Å². The Hall–Kier alpha value is -3.48. The Morgan fingerprint density at radius 3 is 2.42 bits per heavy atom. The van der Waals surface area contributed by atoms with Crippen molar-refractivity contribution < 1.29 is 19.4 Å². The molecule has 0 bridgehead atoms. The second kappa shape index (κ2) is 7.60. The number of hydrogen-bond donors (Lipinski definition) is 2. The number of esters is 1. The number of nitrogens with one attached hydrogen (secondary N) is 1. The Labute approximate surface area is 149 Å². The van der Waals surface area contributed by atoms with E-state index in [-0.39, 0.29) is 18.7 Å². The molecule has 0 radical (unpaired) electrons. The van der Waals surface area contributed by atoms with Gasteiger partial charge in [-0.2, -0.15) is 10.3 Å². The molecule has 0 amide bonds. The quantitative estimate of drug-likeness (QED) is 0.662. The number of carbonyl (C=O) groups is 2. The third kappa shape index (κ3) is 3.61. The van der Waals surface area contributed by atoms with Gasteiger partial charge in [0, 0.05) is 5.56 Å². The number of aliphatic carboxylic acids is 1. The third-order valence-electron chi connectivity index (χ3n) is 3.85. The normalized spacial score (nSPS) is 10.5.